The van der Waals surface area contributed by atoms with Crippen LogP contribution < -0.4 is 10.0 Å². The molecule has 0 bridgehead atoms. The van der Waals surface area contributed by atoms with Gasteiger partial charge >= 0.3 is 0 Å². The molecule has 1 unspecified atom stereocenters. The standard InChI is InChI=1S/C11H17N3O4S/c1-11(2,3)8-5-10(18-13-8)14-6-7(4-9(14)15)19(12,16)17/h5,7H,4,6H2,1-3H3,(H2,12,16,17). The molecule has 1 saturated heterocycles. The zero-order valence-corrected chi connectivity index (χ0v) is 11.9. The van der Waals surface area contributed by atoms with Gasteiger partial charge in [0, 0.05) is 24.4 Å². The first kappa shape index (κ1) is 14.0. The number of nitrogens with zero attached hydrogens (tertiary/aromatic N) is 2. The van der Waals surface area contributed by atoms with E-state index >= 15 is 0 Å². The molecule has 0 radical (unpaired) electrons. The molecule has 1 fully saturated rings. The predicted octanol–water partition coefficient (Wildman–Crippen LogP) is 0.366. The topological polar surface area (TPSA) is 106 Å². The van der Waals surface area contributed by atoms with E-state index in [1.54, 1.807) is 6.07 Å². The van der Waals surface area contributed by atoms with Crippen LogP contribution in [0.2, 0.25) is 0 Å². The molecular formula is C11H17N3O4S. The summed E-state index contributed by atoms with van der Waals surface area (Å²) in [5, 5.41) is 8.08. The van der Waals surface area contributed by atoms with Gasteiger partial charge in [-0.25, -0.2) is 13.6 Å². The molecule has 2 rings (SSSR count). The zero-order valence-electron chi connectivity index (χ0n) is 11.1. The Labute approximate surface area is 111 Å². The molecule has 2 heterocycles. The van der Waals surface area contributed by atoms with Crippen LogP contribution in [0, 0.1) is 0 Å². The lowest BCUT2D eigenvalue weighted by atomic mass is 9.92. The normalized spacial score (nSPS) is 21.2. The fraction of sp³-hybridized carbons (Fsp3) is 0.636. The van der Waals surface area contributed by atoms with Crippen molar-refractivity contribution in [2.24, 2.45) is 5.14 Å². The fourth-order valence-electron chi connectivity index (χ4n) is 1.85. The maximum absolute atomic E-state index is 11.8. The summed E-state index contributed by atoms with van der Waals surface area (Å²) in [5.74, 6) is -0.0586. The Morgan fingerprint density at radius 1 is 1.47 bits per heavy atom. The van der Waals surface area contributed by atoms with Gasteiger partial charge in [-0.1, -0.05) is 25.9 Å². The second-order valence-electron chi connectivity index (χ2n) is 5.72. The number of primary sulfonamides is 1. The minimum absolute atomic E-state index is 0.0104. The van der Waals surface area contributed by atoms with Gasteiger partial charge in [0.1, 0.15) is 5.25 Å². The quantitative estimate of drug-likeness (QED) is 0.845. The average molecular weight is 287 g/mol. The van der Waals surface area contributed by atoms with E-state index in [0.717, 1.165) is 0 Å². The second kappa shape index (κ2) is 4.31. The van der Waals surface area contributed by atoms with Crippen molar-refractivity contribution in [2.75, 3.05) is 11.4 Å². The van der Waals surface area contributed by atoms with Crippen LogP contribution in [0.4, 0.5) is 5.88 Å². The number of hydrogen-bond acceptors (Lipinski definition) is 5. The van der Waals surface area contributed by atoms with Crippen LogP contribution in [0.25, 0.3) is 0 Å². The molecule has 0 spiro atoms. The Bertz CT molecular complexity index is 600. The highest BCUT2D eigenvalue weighted by atomic mass is 32.2. The number of carbonyl (C=O) groups is 1. The molecular weight excluding hydrogens is 270 g/mol. The van der Waals surface area contributed by atoms with Crippen molar-refractivity contribution >= 4 is 21.8 Å². The van der Waals surface area contributed by atoms with Crippen molar-refractivity contribution in [2.45, 2.75) is 37.9 Å². The zero-order chi connectivity index (χ0) is 14.4. The van der Waals surface area contributed by atoms with Gasteiger partial charge in [0.15, 0.2) is 0 Å². The third-order valence-electron chi connectivity index (χ3n) is 3.09. The fourth-order valence-corrected chi connectivity index (χ4v) is 2.59. The Morgan fingerprint density at radius 2 is 2.11 bits per heavy atom. The maximum atomic E-state index is 11.8. The van der Waals surface area contributed by atoms with Crippen LogP contribution in [0.5, 0.6) is 0 Å². The predicted molar refractivity (Wildman–Crippen MR) is 69.1 cm³/mol. The lowest BCUT2D eigenvalue weighted by Gasteiger charge is -2.13. The number of anilines is 1. The Morgan fingerprint density at radius 3 is 2.53 bits per heavy atom. The van der Waals surface area contributed by atoms with E-state index in [1.165, 1.54) is 4.90 Å². The van der Waals surface area contributed by atoms with Crippen LogP contribution in [0.15, 0.2) is 10.6 Å². The van der Waals surface area contributed by atoms with Crippen molar-refractivity contribution < 1.29 is 17.7 Å². The first-order chi connectivity index (χ1) is 8.59. The number of aromatic nitrogens is 1. The molecule has 0 aliphatic carbocycles. The van der Waals surface area contributed by atoms with E-state index in [-0.39, 0.29) is 30.2 Å². The highest BCUT2D eigenvalue weighted by molar-refractivity contribution is 7.89. The summed E-state index contributed by atoms with van der Waals surface area (Å²) >= 11 is 0. The van der Waals surface area contributed by atoms with Gasteiger partial charge in [-0.05, 0) is 0 Å². The molecule has 1 amide bonds. The van der Waals surface area contributed by atoms with Crippen LogP contribution in [-0.4, -0.2) is 31.3 Å². The smallest absolute Gasteiger partial charge is 0.234 e. The second-order valence-corrected chi connectivity index (χ2v) is 7.56. The minimum atomic E-state index is -3.72. The summed E-state index contributed by atoms with van der Waals surface area (Å²) in [6.45, 7) is 5.91. The molecule has 0 aromatic carbocycles. The van der Waals surface area contributed by atoms with Gasteiger partial charge in [-0.3, -0.25) is 9.69 Å². The molecule has 1 aromatic rings. The van der Waals surface area contributed by atoms with E-state index in [9.17, 15) is 13.2 Å². The van der Waals surface area contributed by atoms with Crippen LogP contribution >= 0.6 is 0 Å². The van der Waals surface area contributed by atoms with E-state index in [4.69, 9.17) is 9.66 Å². The summed E-state index contributed by atoms with van der Waals surface area (Å²) in [5.41, 5.74) is 0.499. The number of hydrogen-bond donors (Lipinski definition) is 1. The van der Waals surface area contributed by atoms with Crippen LogP contribution in [-0.2, 0) is 20.2 Å². The molecule has 19 heavy (non-hydrogen) atoms. The molecule has 2 N–H and O–H groups in total. The van der Waals surface area contributed by atoms with Crippen LogP contribution in [0.1, 0.15) is 32.9 Å². The number of amides is 1. The summed E-state index contributed by atoms with van der Waals surface area (Å²) in [7, 11) is -3.72. The SMILES string of the molecule is CC(C)(C)c1cc(N2CC(S(N)(=O)=O)CC2=O)on1. The maximum Gasteiger partial charge on any atom is 0.234 e. The van der Waals surface area contributed by atoms with Gasteiger partial charge < -0.3 is 4.52 Å². The summed E-state index contributed by atoms with van der Waals surface area (Å²) in [6.07, 6.45) is -0.121. The first-order valence-electron chi connectivity index (χ1n) is 5.88. The van der Waals surface area contributed by atoms with Crippen molar-refractivity contribution in [1.82, 2.24) is 5.16 Å². The van der Waals surface area contributed by atoms with Gasteiger partial charge in [0.2, 0.25) is 21.8 Å². The summed E-state index contributed by atoms with van der Waals surface area (Å²) in [6, 6.07) is 1.66. The molecule has 1 aliphatic heterocycles. The summed E-state index contributed by atoms with van der Waals surface area (Å²) < 4.78 is 27.7. The first-order valence-corrected chi connectivity index (χ1v) is 7.49. The van der Waals surface area contributed by atoms with E-state index in [1.807, 2.05) is 20.8 Å². The lowest BCUT2D eigenvalue weighted by molar-refractivity contribution is -0.117. The third kappa shape index (κ3) is 2.79. The lowest BCUT2D eigenvalue weighted by Crippen LogP contribution is -2.32. The summed E-state index contributed by atoms with van der Waals surface area (Å²) in [4.78, 5) is 13.1. The van der Waals surface area contributed by atoms with Crippen molar-refractivity contribution in [3.05, 3.63) is 11.8 Å². The molecule has 8 heteroatoms. The highest BCUT2D eigenvalue weighted by Gasteiger charge is 2.39. The van der Waals surface area contributed by atoms with Crippen molar-refractivity contribution in [1.29, 1.82) is 0 Å². The number of carbonyl (C=O) groups excluding carboxylic acids is 1. The van der Waals surface area contributed by atoms with Crippen molar-refractivity contribution in [3.8, 4) is 0 Å². The monoisotopic (exact) mass is 287 g/mol. The Hall–Kier alpha value is -1.41. The number of rotatable bonds is 2. The van der Waals surface area contributed by atoms with Crippen molar-refractivity contribution in [3.63, 3.8) is 0 Å². The molecule has 1 aliphatic rings. The molecule has 0 saturated carbocycles. The Kier molecular flexibility index (Phi) is 3.18. The number of nitrogens with two attached hydrogens (primary N) is 1. The van der Waals surface area contributed by atoms with Crippen LogP contribution in [0.3, 0.4) is 0 Å². The molecule has 106 valence electrons. The minimum Gasteiger partial charge on any atom is -0.338 e. The third-order valence-corrected chi connectivity index (χ3v) is 4.33. The van der Waals surface area contributed by atoms with E-state index in [0.29, 0.717) is 5.69 Å². The molecule has 1 aromatic heterocycles. The van der Waals surface area contributed by atoms with Gasteiger partial charge in [-0.2, -0.15) is 0 Å². The Balaban J connectivity index is 2.24. The highest BCUT2D eigenvalue weighted by Crippen LogP contribution is 2.29. The van der Waals surface area contributed by atoms with E-state index in [2.05, 4.69) is 5.16 Å². The molecule has 7 nitrogen and oxygen atoms in total. The largest absolute Gasteiger partial charge is 0.338 e. The average Bonchev–Trinajstić information content (AvgIpc) is 2.80. The van der Waals surface area contributed by atoms with Gasteiger partial charge in [-0.15, -0.1) is 0 Å². The van der Waals surface area contributed by atoms with E-state index < -0.39 is 15.3 Å². The van der Waals surface area contributed by atoms with Gasteiger partial charge in [0.25, 0.3) is 0 Å². The van der Waals surface area contributed by atoms with Gasteiger partial charge in [0.05, 0.1) is 5.69 Å². The number of sulfonamides is 1. The molecule has 1 atom stereocenters.